The van der Waals surface area contributed by atoms with E-state index >= 15 is 0 Å². The van der Waals surface area contributed by atoms with E-state index < -0.39 is 8.07 Å². The second-order valence-corrected chi connectivity index (χ2v) is 9.75. The van der Waals surface area contributed by atoms with Crippen LogP contribution in [-0.4, -0.2) is 31.1 Å². The first-order valence-corrected chi connectivity index (χ1v) is 8.05. The smallest absolute Gasteiger partial charge is 1.00 e. The summed E-state index contributed by atoms with van der Waals surface area (Å²) in [4.78, 5) is 0. The molecule has 0 heterocycles. The fourth-order valence-corrected chi connectivity index (χ4v) is 2.38. The van der Waals surface area contributed by atoms with Crippen molar-refractivity contribution in [3.63, 3.8) is 0 Å². The second kappa shape index (κ2) is 4.79. The molecule has 0 spiro atoms. The summed E-state index contributed by atoms with van der Waals surface area (Å²) in [6, 6.07) is 8.67. The summed E-state index contributed by atoms with van der Waals surface area (Å²) in [5, 5.41) is 1.51. The van der Waals surface area contributed by atoms with E-state index in [1.807, 2.05) is 0 Å². The van der Waals surface area contributed by atoms with Crippen molar-refractivity contribution in [2.24, 2.45) is 0 Å². The first-order chi connectivity index (χ1) is 5.00. The molecule has 0 radical (unpaired) electrons. The Bertz CT molecular complexity index is 246. The van der Waals surface area contributed by atoms with Crippen LogP contribution in [0.3, 0.4) is 0 Å². The van der Waals surface area contributed by atoms with Crippen molar-refractivity contribution in [1.29, 1.82) is 0 Å². The predicted octanol–water partition coefficient (Wildman–Crippen LogP) is 2.84. The monoisotopic (exact) mass is 254 g/mol. The maximum Gasteiger partial charge on any atom is 2.00 e. The second-order valence-electron chi connectivity index (χ2n) is 3.76. The Morgan fingerprint density at radius 1 is 1.08 bits per heavy atom. The molecular weight excluding hydrogens is 240 g/mol. The molecule has 0 aromatic heterocycles. The van der Waals surface area contributed by atoms with E-state index in [1.54, 1.807) is 0 Å². The number of hydrogen-bond donors (Lipinski definition) is 0. The average Bonchev–Trinajstić information content (AvgIpc) is 1.86. The number of rotatable bonds is 1. The van der Waals surface area contributed by atoms with Crippen molar-refractivity contribution < 1.29 is 2.85 Å². The maximum atomic E-state index is 3.43. The van der Waals surface area contributed by atoms with E-state index in [9.17, 15) is 0 Å². The summed E-state index contributed by atoms with van der Waals surface area (Å²) in [6.45, 7) is 7.07. The number of halogens is 1. The van der Waals surface area contributed by atoms with Gasteiger partial charge in [-0.2, -0.15) is 0 Å². The van der Waals surface area contributed by atoms with Crippen LogP contribution < -0.4 is 5.19 Å². The third-order valence-electron chi connectivity index (χ3n) is 1.71. The van der Waals surface area contributed by atoms with Crippen molar-refractivity contribution in [3.05, 3.63) is 28.7 Å². The van der Waals surface area contributed by atoms with E-state index in [4.69, 9.17) is 0 Å². The van der Waals surface area contributed by atoms with Crippen LogP contribution >= 0.6 is 15.9 Å². The van der Waals surface area contributed by atoms with Crippen molar-refractivity contribution in [2.75, 3.05) is 0 Å². The molecule has 0 unspecified atom stereocenters. The minimum atomic E-state index is -1.08. The van der Waals surface area contributed by atoms with Crippen LogP contribution in [0.4, 0.5) is 0 Å². The fourth-order valence-electron chi connectivity index (χ4n) is 0.950. The third kappa shape index (κ3) is 3.60. The molecule has 0 aliphatic carbocycles. The molecule has 0 saturated heterocycles. The van der Waals surface area contributed by atoms with Gasteiger partial charge in [-0.3, -0.25) is 0 Å². The van der Waals surface area contributed by atoms with Crippen LogP contribution in [0.25, 0.3) is 0 Å². The van der Waals surface area contributed by atoms with Crippen LogP contribution in [0.15, 0.2) is 28.7 Å². The largest absolute Gasteiger partial charge is 2.00 e. The Kier molecular flexibility index (Phi) is 5.06. The van der Waals surface area contributed by atoms with Crippen molar-refractivity contribution in [2.45, 2.75) is 19.6 Å². The quantitative estimate of drug-likeness (QED) is 0.677. The van der Waals surface area contributed by atoms with Crippen LogP contribution in [0.5, 0.6) is 0 Å². The van der Waals surface area contributed by atoms with Gasteiger partial charge in [0.05, 0.1) is 8.07 Å². The number of hydrogen-bond acceptors (Lipinski definition) is 0. The van der Waals surface area contributed by atoms with Crippen LogP contribution in [0, 0.1) is 0 Å². The summed E-state index contributed by atoms with van der Waals surface area (Å²) in [5.41, 5.74) is 0. The van der Waals surface area contributed by atoms with E-state index in [2.05, 4.69) is 59.8 Å². The van der Waals surface area contributed by atoms with Gasteiger partial charge in [-0.1, -0.05) is 52.9 Å². The molecule has 0 aliphatic rings. The molecule has 0 aliphatic heterocycles. The van der Waals surface area contributed by atoms with E-state index in [-0.39, 0.29) is 25.9 Å². The molecule has 1 rings (SSSR count). The van der Waals surface area contributed by atoms with Gasteiger partial charge in [-0.25, -0.2) is 0 Å². The predicted molar refractivity (Wildman–Crippen MR) is 65.1 cm³/mol. The summed E-state index contributed by atoms with van der Waals surface area (Å²) in [7, 11) is -1.08. The van der Waals surface area contributed by atoms with Gasteiger partial charge in [0.2, 0.25) is 0 Å². The molecule has 0 amide bonds. The average molecular weight is 256 g/mol. The van der Waals surface area contributed by atoms with Crippen LogP contribution in [0.1, 0.15) is 2.85 Å². The van der Waals surface area contributed by atoms with Gasteiger partial charge >= 0.3 is 23.1 Å². The number of benzene rings is 1. The Morgan fingerprint density at radius 2 is 1.50 bits per heavy atom. The molecule has 12 heavy (non-hydrogen) atoms. The Balaban J connectivity index is -0.000000403. The maximum absolute atomic E-state index is 3.43. The van der Waals surface area contributed by atoms with Gasteiger partial charge in [0, 0.05) is 4.47 Å². The zero-order chi connectivity index (χ0) is 8.48. The Hall–Kier alpha value is 0.683. The molecule has 1 aromatic rings. The summed E-state index contributed by atoms with van der Waals surface area (Å²) >= 11 is 3.43. The minimum absolute atomic E-state index is 0. The van der Waals surface area contributed by atoms with Crippen molar-refractivity contribution in [3.8, 4) is 0 Å². The minimum Gasteiger partial charge on any atom is -1.00 e. The molecule has 0 nitrogen and oxygen atoms in total. The molecule has 1 aromatic carbocycles. The first kappa shape index (κ1) is 12.7. The summed E-state index contributed by atoms with van der Waals surface area (Å²) < 4.78 is 1.17. The van der Waals surface area contributed by atoms with Gasteiger partial charge in [-0.15, -0.1) is 0 Å². The van der Waals surface area contributed by atoms with Crippen molar-refractivity contribution in [1.82, 2.24) is 0 Å². The molecule has 0 fully saturated rings. The van der Waals surface area contributed by atoms with Crippen LogP contribution in [0.2, 0.25) is 19.6 Å². The van der Waals surface area contributed by atoms with E-state index in [1.165, 1.54) is 9.66 Å². The fraction of sp³-hybridized carbons (Fsp3) is 0.333. The Morgan fingerprint density at radius 3 is 1.83 bits per heavy atom. The first-order valence-electron chi connectivity index (χ1n) is 3.76. The van der Waals surface area contributed by atoms with Gasteiger partial charge in [0.15, 0.2) is 0 Å². The molecule has 0 atom stereocenters. The Labute approximate surface area is 103 Å². The summed E-state index contributed by atoms with van der Waals surface area (Å²) in [5.74, 6) is 0. The SMILES string of the molecule is C[Si](C)(C)c1ccc(Br)cc1.[H-].[H-].[Mg+2]. The molecule has 0 saturated carbocycles. The van der Waals surface area contributed by atoms with Crippen molar-refractivity contribution >= 4 is 52.2 Å². The van der Waals surface area contributed by atoms with Gasteiger partial charge in [-0.05, 0) is 12.1 Å². The zero-order valence-electron chi connectivity index (χ0n) is 9.89. The van der Waals surface area contributed by atoms with E-state index in [0.717, 1.165) is 0 Å². The molecule has 3 heteroatoms. The van der Waals surface area contributed by atoms with E-state index in [0.29, 0.717) is 0 Å². The standard InChI is InChI=1S/C9H13BrSi.Mg.2H/c1-11(2,3)9-6-4-8(10)5-7-9;;;/h4-7H,1-3H3;;;/q;+2;2*-1. The van der Waals surface area contributed by atoms with Gasteiger partial charge < -0.3 is 2.85 Å². The van der Waals surface area contributed by atoms with Crippen LogP contribution in [-0.2, 0) is 0 Å². The molecule has 0 bridgehead atoms. The van der Waals surface area contributed by atoms with Gasteiger partial charge in [0.25, 0.3) is 0 Å². The summed E-state index contributed by atoms with van der Waals surface area (Å²) in [6.07, 6.45) is 0. The molecule has 64 valence electrons. The normalized spacial score (nSPS) is 10.7. The van der Waals surface area contributed by atoms with Gasteiger partial charge in [0.1, 0.15) is 0 Å². The molecular formula is C9H15BrMgSi. The topological polar surface area (TPSA) is 0 Å². The molecule has 0 N–H and O–H groups in total. The third-order valence-corrected chi connectivity index (χ3v) is 4.30. The zero-order valence-corrected chi connectivity index (χ0v) is 11.9.